The van der Waals surface area contributed by atoms with E-state index in [-0.39, 0.29) is 30.4 Å². The molecule has 0 bridgehead atoms. The van der Waals surface area contributed by atoms with E-state index in [1.165, 1.54) is 0 Å². The lowest BCUT2D eigenvalue weighted by molar-refractivity contribution is -0.162. The Hall–Kier alpha value is -0.890. The van der Waals surface area contributed by atoms with E-state index in [2.05, 4.69) is 0 Å². The van der Waals surface area contributed by atoms with Crippen molar-refractivity contribution < 1.29 is 28.5 Å². The zero-order chi connectivity index (χ0) is 17.0. The molecule has 0 aromatic rings. The summed E-state index contributed by atoms with van der Waals surface area (Å²) in [5, 5.41) is 0. The normalized spacial score (nSPS) is 39.3. The van der Waals surface area contributed by atoms with E-state index in [4.69, 9.17) is 23.7 Å². The van der Waals surface area contributed by atoms with Gasteiger partial charge in [-0.2, -0.15) is 0 Å². The Kier molecular flexibility index (Phi) is 4.11. The maximum Gasteiger partial charge on any atom is 0.410 e. The Morgan fingerprint density at radius 3 is 1.96 bits per heavy atom. The van der Waals surface area contributed by atoms with Crippen LogP contribution >= 0.6 is 0 Å². The van der Waals surface area contributed by atoms with Crippen LogP contribution in [0.25, 0.3) is 0 Å². The summed E-state index contributed by atoms with van der Waals surface area (Å²) in [6.45, 7) is 12.2. The predicted molar refractivity (Wildman–Crippen MR) is 80.8 cm³/mol. The van der Waals surface area contributed by atoms with E-state index in [1.807, 2.05) is 41.5 Å². The number of hydrogen-bond acceptors (Lipinski definition) is 6. The van der Waals surface area contributed by atoms with Crippen molar-refractivity contribution in [2.45, 2.75) is 83.5 Å². The van der Waals surface area contributed by atoms with Gasteiger partial charge in [-0.15, -0.1) is 0 Å². The zero-order valence-corrected chi connectivity index (χ0v) is 14.7. The minimum Gasteiger partial charge on any atom is -0.441 e. The summed E-state index contributed by atoms with van der Waals surface area (Å²) in [4.78, 5) is 14.1. The maximum absolute atomic E-state index is 12.4. The molecule has 0 spiro atoms. The van der Waals surface area contributed by atoms with Gasteiger partial charge >= 0.3 is 6.09 Å². The molecule has 3 aliphatic heterocycles. The number of cyclic esters (lactones) is 1. The lowest BCUT2D eigenvalue weighted by atomic mass is 9.99. The summed E-state index contributed by atoms with van der Waals surface area (Å²) in [7, 11) is 0. The highest BCUT2D eigenvalue weighted by Crippen LogP contribution is 2.37. The third-order valence-corrected chi connectivity index (χ3v) is 4.47. The van der Waals surface area contributed by atoms with Crippen molar-refractivity contribution in [3.05, 3.63) is 0 Å². The van der Waals surface area contributed by atoms with E-state index < -0.39 is 17.7 Å². The average Bonchev–Trinajstić information content (AvgIpc) is 3.04. The second kappa shape index (κ2) is 5.58. The van der Waals surface area contributed by atoms with E-state index >= 15 is 0 Å². The van der Waals surface area contributed by atoms with E-state index in [1.54, 1.807) is 4.90 Å². The molecule has 7 heteroatoms. The molecule has 3 saturated heterocycles. The Labute approximate surface area is 137 Å². The summed E-state index contributed by atoms with van der Waals surface area (Å²) >= 11 is 0. The van der Waals surface area contributed by atoms with Crippen molar-refractivity contribution in [1.29, 1.82) is 0 Å². The van der Waals surface area contributed by atoms with Crippen LogP contribution in [0, 0.1) is 0 Å². The van der Waals surface area contributed by atoms with Gasteiger partial charge in [-0.05, 0) is 41.5 Å². The molecule has 7 nitrogen and oxygen atoms in total. The van der Waals surface area contributed by atoms with Gasteiger partial charge in [0.25, 0.3) is 0 Å². The fourth-order valence-electron chi connectivity index (χ4n) is 3.53. The van der Waals surface area contributed by atoms with Crippen LogP contribution in [-0.2, 0) is 23.7 Å². The van der Waals surface area contributed by atoms with Crippen molar-refractivity contribution in [2.24, 2.45) is 0 Å². The molecule has 0 aromatic heterocycles. The van der Waals surface area contributed by atoms with Crippen molar-refractivity contribution >= 4 is 6.09 Å². The number of carbonyl (C=O) groups excluding carboxylic acids is 1. The first-order valence-electron chi connectivity index (χ1n) is 8.22. The lowest BCUT2D eigenvalue weighted by Crippen LogP contribution is -2.53. The van der Waals surface area contributed by atoms with Crippen molar-refractivity contribution in [2.75, 3.05) is 13.2 Å². The molecular formula is C16H27NO6. The largest absolute Gasteiger partial charge is 0.441 e. The molecule has 0 radical (unpaired) electrons. The standard InChI is InChI=1S/C16H27NO6/c1-9(2)17-12(10-7-19-15(3,4)22-10)13(21-14(17)18)11-8-20-16(5,6)23-11/h9-13H,7-8H2,1-6H3/t10?,11?,12-,13-/m1/s1. The Balaban J connectivity index is 1.84. The van der Waals surface area contributed by atoms with Crippen LogP contribution in [-0.4, -0.2) is 66.2 Å². The quantitative estimate of drug-likeness (QED) is 0.788. The molecule has 4 atom stereocenters. The Bertz CT molecular complexity index is 477. The van der Waals surface area contributed by atoms with Crippen LogP contribution < -0.4 is 0 Å². The fourth-order valence-corrected chi connectivity index (χ4v) is 3.53. The fraction of sp³-hybridized carbons (Fsp3) is 0.938. The average molecular weight is 329 g/mol. The molecule has 0 N–H and O–H groups in total. The minimum absolute atomic E-state index is 0.000133. The molecule has 3 aliphatic rings. The number of amides is 1. The summed E-state index contributed by atoms with van der Waals surface area (Å²) in [5.41, 5.74) is 0. The van der Waals surface area contributed by atoms with Gasteiger partial charge in [0.15, 0.2) is 17.7 Å². The third kappa shape index (κ3) is 3.20. The molecule has 1 amide bonds. The molecule has 3 rings (SSSR count). The van der Waals surface area contributed by atoms with Crippen molar-refractivity contribution in [3.63, 3.8) is 0 Å². The zero-order valence-electron chi connectivity index (χ0n) is 14.7. The topological polar surface area (TPSA) is 66.5 Å². The predicted octanol–water partition coefficient (Wildman–Crippen LogP) is 1.89. The van der Waals surface area contributed by atoms with Crippen LogP contribution in [0.1, 0.15) is 41.5 Å². The Morgan fingerprint density at radius 2 is 1.52 bits per heavy atom. The highest BCUT2D eigenvalue weighted by molar-refractivity contribution is 5.71. The van der Waals surface area contributed by atoms with Crippen LogP contribution in [0.4, 0.5) is 4.79 Å². The summed E-state index contributed by atoms with van der Waals surface area (Å²) in [5.74, 6) is -1.32. The smallest absolute Gasteiger partial charge is 0.410 e. The monoisotopic (exact) mass is 329 g/mol. The molecule has 132 valence electrons. The van der Waals surface area contributed by atoms with Crippen LogP contribution in [0.15, 0.2) is 0 Å². The number of carbonyl (C=O) groups is 1. The van der Waals surface area contributed by atoms with E-state index in [0.29, 0.717) is 13.2 Å². The molecule has 3 heterocycles. The second-order valence-corrected chi connectivity index (χ2v) is 7.57. The van der Waals surface area contributed by atoms with Crippen LogP contribution in [0.5, 0.6) is 0 Å². The van der Waals surface area contributed by atoms with Gasteiger partial charge in [0.1, 0.15) is 18.2 Å². The minimum atomic E-state index is -0.667. The van der Waals surface area contributed by atoms with Crippen LogP contribution in [0.3, 0.4) is 0 Å². The Morgan fingerprint density at radius 1 is 1.00 bits per heavy atom. The molecule has 0 aromatic carbocycles. The van der Waals surface area contributed by atoms with Crippen molar-refractivity contribution in [3.8, 4) is 0 Å². The summed E-state index contributed by atoms with van der Waals surface area (Å²) in [6, 6.07) is -0.257. The number of rotatable bonds is 3. The maximum atomic E-state index is 12.4. The van der Waals surface area contributed by atoms with Gasteiger partial charge < -0.3 is 23.7 Å². The highest BCUT2D eigenvalue weighted by atomic mass is 16.8. The first kappa shape index (κ1) is 17.0. The lowest BCUT2D eigenvalue weighted by Gasteiger charge is -2.33. The van der Waals surface area contributed by atoms with Gasteiger partial charge in [0.2, 0.25) is 0 Å². The summed E-state index contributed by atoms with van der Waals surface area (Å²) in [6.07, 6.45) is -1.34. The first-order valence-corrected chi connectivity index (χ1v) is 8.22. The van der Waals surface area contributed by atoms with E-state index in [0.717, 1.165) is 0 Å². The van der Waals surface area contributed by atoms with Gasteiger partial charge in [0.05, 0.1) is 13.2 Å². The first-order chi connectivity index (χ1) is 10.6. The highest BCUT2D eigenvalue weighted by Gasteiger charge is 2.56. The van der Waals surface area contributed by atoms with Gasteiger partial charge in [-0.25, -0.2) is 4.79 Å². The van der Waals surface area contributed by atoms with Crippen LogP contribution in [0.2, 0.25) is 0 Å². The number of hydrogen-bond donors (Lipinski definition) is 0. The number of nitrogens with zero attached hydrogens (tertiary/aromatic N) is 1. The number of ether oxygens (including phenoxy) is 5. The van der Waals surface area contributed by atoms with Gasteiger partial charge in [0, 0.05) is 6.04 Å². The SMILES string of the molecule is CC(C)N1C(=O)O[C@H](C2COC(C)(C)O2)[C@H]1C1COC(C)(C)O1. The molecular weight excluding hydrogens is 302 g/mol. The second-order valence-electron chi connectivity index (χ2n) is 7.57. The van der Waals surface area contributed by atoms with Gasteiger partial charge in [-0.3, -0.25) is 4.90 Å². The molecule has 0 saturated carbocycles. The molecule has 0 aliphatic carbocycles. The summed E-state index contributed by atoms with van der Waals surface area (Å²) < 4.78 is 28.9. The van der Waals surface area contributed by atoms with Gasteiger partial charge in [-0.1, -0.05) is 0 Å². The molecule has 2 unspecified atom stereocenters. The van der Waals surface area contributed by atoms with E-state index in [9.17, 15) is 4.79 Å². The molecule has 23 heavy (non-hydrogen) atoms. The third-order valence-electron chi connectivity index (χ3n) is 4.47. The van der Waals surface area contributed by atoms with Crippen molar-refractivity contribution in [1.82, 2.24) is 4.90 Å². The molecule has 3 fully saturated rings.